The van der Waals surface area contributed by atoms with E-state index in [-0.39, 0.29) is 24.0 Å². The van der Waals surface area contributed by atoms with Gasteiger partial charge in [-0.3, -0.25) is 9.98 Å². The van der Waals surface area contributed by atoms with E-state index in [0.29, 0.717) is 13.2 Å². The minimum Gasteiger partial charge on any atom is -0.490 e. The summed E-state index contributed by atoms with van der Waals surface area (Å²) in [5.74, 6) is 1.66. The lowest BCUT2D eigenvalue weighted by Gasteiger charge is -2.21. The van der Waals surface area contributed by atoms with Crippen molar-refractivity contribution >= 4 is 29.9 Å². The summed E-state index contributed by atoms with van der Waals surface area (Å²) >= 11 is 0. The molecule has 118 valence electrons. The van der Waals surface area contributed by atoms with E-state index >= 15 is 0 Å². The van der Waals surface area contributed by atoms with Gasteiger partial charge in [-0.1, -0.05) is 6.08 Å². The number of unbranched alkanes of at least 4 members (excludes halogenated alkanes) is 1. The Balaban J connectivity index is 0.00000400. The van der Waals surface area contributed by atoms with Crippen LogP contribution in [0.5, 0.6) is 5.75 Å². The Morgan fingerprint density at radius 2 is 2.38 bits per heavy atom. The van der Waals surface area contributed by atoms with Crippen molar-refractivity contribution in [3.63, 3.8) is 0 Å². The summed E-state index contributed by atoms with van der Waals surface area (Å²) in [7, 11) is 3.81. The van der Waals surface area contributed by atoms with Gasteiger partial charge in [-0.25, -0.2) is 0 Å². The molecule has 1 rings (SSSR count). The molecule has 5 nitrogen and oxygen atoms in total. The van der Waals surface area contributed by atoms with E-state index in [2.05, 4.69) is 26.8 Å². The number of hydrogen-bond acceptors (Lipinski definition) is 3. The summed E-state index contributed by atoms with van der Waals surface area (Å²) in [5, 5.41) is 3.27. The van der Waals surface area contributed by atoms with Gasteiger partial charge in [0.05, 0.1) is 12.7 Å². The predicted molar refractivity (Wildman–Crippen MR) is 98.6 cm³/mol. The number of aromatic nitrogens is 1. The van der Waals surface area contributed by atoms with Crippen LogP contribution in [0.25, 0.3) is 0 Å². The molecule has 0 radical (unpaired) electrons. The van der Waals surface area contributed by atoms with Crippen molar-refractivity contribution in [2.24, 2.45) is 4.99 Å². The standard InChI is InChI=1S/C15H24N4O.HI/c1-4-5-6-11-19(3)15(16-2)18-10-12-20-14-8-7-9-17-13-14;/h4,7-9,13H,1,5-6,10-12H2,2-3H3,(H,16,18);1H. The zero-order chi connectivity index (χ0) is 14.6. The molecule has 0 atom stereocenters. The monoisotopic (exact) mass is 404 g/mol. The second-order valence-electron chi connectivity index (χ2n) is 4.36. The topological polar surface area (TPSA) is 49.8 Å². The summed E-state index contributed by atoms with van der Waals surface area (Å²) in [5.41, 5.74) is 0. The Bertz CT molecular complexity index is 411. The fraction of sp³-hybridized carbons (Fsp3) is 0.467. The van der Waals surface area contributed by atoms with Crippen molar-refractivity contribution in [2.45, 2.75) is 12.8 Å². The maximum Gasteiger partial charge on any atom is 0.193 e. The van der Waals surface area contributed by atoms with E-state index in [1.165, 1.54) is 0 Å². The molecule has 0 fully saturated rings. The summed E-state index contributed by atoms with van der Waals surface area (Å²) < 4.78 is 5.57. The van der Waals surface area contributed by atoms with Gasteiger partial charge in [-0.05, 0) is 25.0 Å². The van der Waals surface area contributed by atoms with Gasteiger partial charge in [0.1, 0.15) is 12.4 Å². The first-order chi connectivity index (χ1) is 9.77. The highest BCUT2D eigenvalue weighted by Crippen LogP contribution is 2.04. The van der Waals surface area contributed by atoms with E-state index in [1.807, 2.05) is 25.3 Å². The summed E-state index contributed by atoms with van der Waals surface area (Å²) in [4.78, 5) is 10.4. The van der Waals surface area contributed by atoms with Crippen LogP contribution in [0.1, 0.15) is 12.8 Å². The molecule has 21 heavy (non-hydrogen) atoms. The largest absolute Gasteiger partial charge is 0.490 e. The van der Waals surface area contributed by atoms with E-state index in [4.69, 9.17) is 4.74 Å². The molecule has 1 N–H and O–H groups in total. The number of hydrogen-bond donors (Lipinski definition) is 1. The Morgan fingerprint density at radius 3 is 3.00 bits per heavy atom. The van der Waals surface area contributed by atoms with Gasteiger partial charge >= 0.3 is 0 Å². The van der Waals surface area contributed by atoms with Crippen molar-refractivity contribution < 1.29 is 4.74 Å². The second kappa shape index (κ2) is 12.4. The highest BCUT2D eigenvalue weighted by molar-refractivity contribution is 14.0. The van der Waals surface area contributed by atoms with Crippen molar-refractivity contribution in [3.8, 4) is 5.75 Å². The van der Waals surface area contributed by atoms with Gasteiger partial charge in [-0.15, -0.1) is 30.6 Å². The highest BCUT2D eigenvalue weighted by atomic mass is 127. The summed E-state index contributed by atoms with van der Waals surface area (Å²) in [6.07, 6.45) is 7.46. The fourth-order valence-electron chi connectivity index (χ4n) is 1.73. The number of rotatable bonds is 8. The number of nitrogens with zero attached hydrogens (tertiary/aromatic N) is 3. The third-order valence-electron chi connectivity index (χ3n) is 2.76. The SMILES string of the molecule is C=CCCCN(C)C(=NC)NCCOc1cccnc1.I. The number of nitrogens with one attached hydrogen (secondary N) is 1. The lowest BCUT2D eigenvalue weighted by molar-refractivity contribution is 0.318. The lowest BCUT2D eigenvalue weighted by Crippen LogP contribution is -2.41. The van der Waals surface area contributed by atoms with E-state index in [1.54, 1.807) is 19.4 Å². The van der Waals surface area contributed by atoms with Gasteiger partial charge in [0.15, 0.2) is 5.96 Å². The average molecular weight is 404 g/mol. The Hall–Kier alpha value is -1.31. The molecule has 0 saturated carbocycles. The molecule has 1 aromatic heterocycles. The Labute approximate surface area is 144 Å². The summed E-state index contributed by atoms with van der Waals surface area (Å²) in [6.45, 7) is 5.96. The molecule has 0 aromatic carbocycles. The number of halogens is 1. The van der Waals surface area contributed by atoms with Gasteiger partial charge in [0.2, 0.25) is 0 Å². The number of guanidine groups is 1. The first-order valence-corrected chi connectivity index (χ1v) is 6.83. The predicted octanol–water partition coefficient (Wildman–Crippen LogP) is 2.55. The van der Waals surface area contributed by atoms with Gasteiger partial charge < -0.3 is 15.0 Å². The fourth-order valence-corrected chi connectivity index (χ4v) is 1.73. The molecule has 1 heterocycles. The molecule has 0 spiro atoms. The first-order valence-electron chi connectivity index (χ1n) is 6.83. The molecule has 0 unspecified atom stereocenters. The number of pyridine rings is 1. The molecular weight excluding hydrogens is 379 g/mol. The minimum atomic E-state index is 0. The molecule has 0 saturated heterocycles. The van der Waals surface area contributed by atoms with Crippen LogP contribution in [0.3, 0.4) is 0 Å². The number of aliphatic imine (C=N–C) groups is 1. The molecule has 0 aliphatic rings. The van der Waals surface area contributed by atoms with Crippen LogP contribution >= 0.6 is 24.0 Å². The molecule has 0 aliphatic heterocycles. The molecule has 0 amide bonds. The van der Waals surface area contributed by atoms with Gasteiger partial charge in [0.25, 0.3) is 0 Å². The normalized spacial score (nSPS) is 10.5. The smallest absolute Gasteiger partial charge is 0.193 e. The Kier molecular flexibility index (Phi) is 11.7. The van der Waals surface area contributed by atoms with Crippen LogP contribution in [-0.2, 0) is 0 Å². The van der Waals surface area contributed by atoms with Gasteiger partial charge in [-0.2, -0.15) is 0 Å². The van der Waals surface area contributed by atoms with Crippen molar-refractivity contribution in [1.29, 1.82) is 0 Å². The van der Waals surface area contributed by atoms with Crippen LogP contribution in [0.4, 0.5) is 0 Å². The molecule has 0 aliphatic carbocycles. The van der Waals surface area contributed by atoms with Crippen molar-refractivity contribution in [1.82, 2.24) is 15.2 Å². The molecule has 0 bridgehead atoms. The quantitative estimate of drug-likeness (QED) is 0.238. The van der Waals surface area contributed by atoms with Gasteiger partial charge in [0, 0.05) is 26.8 Å². The van der Waals surface area contributed by atoms with Crippen LogP contribution in [0.2, 0.25) is 0 Å². The molecule has 1 aromatic rings. The summed E-state index contributed by atoms with van der Waals surface area (Å²) in [6, 6.07) is 3.75. The zero-order valence-electron chi connectivity index (χ0n) is 12.8. The number of ether oxygens (including phenoxy) is 1. The average Bonchev–Trinajstić information content (AvgIpc) is 2.48. The first kappa shape index (κ1) is 19.7. The third-order valence-corrected chi connectivity index (χ3v) is 2.76. The van der Waals surface area contributed by atoms with Crippen LogP contribution in [-0.4, -0.2) is 49.6 Å². The Morgan fingerprint density at radius 1 is 1.57 bits per heavy atom. The second-order valence-corrected chi connectivity index (χ2v) is 4.36. The lowest BCUT2D eigenvalue weighted by atomic mass is 10.3. The maximum atomic E-state index is 5.57. The van der Waals surface area contributed by atoms with Crippen LogP contribution in [0, 0.1) is 0 Å². The van der Waals surface area contributed by atoms with E-state index in [0.717, 1.165) is 31.1 Å². The molecular formula is C15H25IN4O. The molecule has 6 heteroatoms. The van der Waals surface area contributed by atoms with Crippen molar-refractivity contribution in [2.75, 3.05) is 33.8 Å². The highest BCUT2D eigenvalue weighted by Gasteiger charge is 2.04. The van der Waals surface area contributed by atoms with Crippen LogP contribution in [0.15, 0.2) is 42.2 Å². The maximum absolute atomic E-state index is 5.57. The number of allylic oxidation sites excluding steroid dienone is 1. The van der Waals surface area contributed by atoms with Crippen molar-refractivity contribution in [3.05, 3.63) is 37.2 Å². The minimum absolute atomic E-state index is 0. The van der Waals surface area contributed by atoms with E-state index < -0.39 is 0 Å². The van der Waals surface area contributed by atoms with Crippen LogP contribution < -0.4 is 10.1 Å². The third kappa shape index (κ3) is 8.54. The zero-order valence-corrected chi connectivity index (χ0v) is 15.1. The van der Waals surface area contributed by atoms with E-state index in [9.17, 15) is 0 Å².